The van der Waals surface area contributed by atoms with Crippen molar-refractivity contribution in [3.05, 3.63) is 309 Å². The maximum absolute atomic E-state index is 9.33. The molecule has 0 N–H and O–H groups in total. The van der Waals surface area contributed by atoms with Crippen LogP contribution in [-0.2, 0) is 56.4 Å². The second-order valence-corrected chi connectivity index (χ2v) is 38.8. The van der Waals surface area contributed by atoms with E-state index in [1.807, 2.05) is 94.1 Å². The Hall–Kier alpha value is -12.5. The lowest BCUT2D eigenvalue weighted by Gasteiger charge is -2.34. The Morgan fingerprint density at radius 1 is 0.291 bits per heavy atom. The summed E-state index contributed by atoms with van der Waals surface area (Å²) in [6, 6.07) is 72.7. The van der Waals surface area contributed by atoms with Gasteiger partial charge >= 0.3 is 0 Å². The second-order valence-electron chi connectivity index (χ2n) is 38.8. The van der Waals surface area contributed by atoms with E-state index >= 15 is 0 Å². The lowest BCUT2D eigenvalue weighted by molar-refractivity contribution is -0.659. The van der Waals surface area contributed by atoms with Gasteiger partial charge in [-0.25, -0.2) is 0 Å². The Morgan fingerprint density at radius 3 is 0.993 bits per heavy atom. The van der Waals surface area contributed by atoms with Crippen molar-refractivity contribution in [3.8, 4) is 45.0 Å². The molecule has 0 saturated heterocycles. The molecule has 23 rings (SSSR count). The number of fused-ring (bicyclic) bond motifs is 16. The van der Waals surface area contributed by atoms with Gasteiger partial charge in [-0.3, -0.25) is 0 Å². The molecule has 3 fully saturated rings. The van der Waals surface area contributed by atoms with Gasteiger partial charge in [0.2, 0.25) is 22.8 Å². The molecule has 0 unspecified atom stereocenters. The third kappa shape index (κ3) is 16.7. The van der Waals surface area contributed by atoms with Gasteiger partial charge in [-0.05, 0) is 298 Å². The summed E-state index contributed by atoms with van der Waals surface area (Å²) < 4.78 is 167. The quantitative estimate of drug-likeness (QED) is 0.143. The largest absolute Gasteiger partial charge is 0.338 e. The first-order valence-corrected chi connectivity index (χ1v) is 46.6. The number of nitrogens with zero attached hydrogens (tertiary/aromatic N) is 8. The third-order valence-corrected chi connectivity index (χ3v) is 29.5. The van der Waals surface area contributed by atoms with E-state index in [9.17, 15) is 1.37 Å². The number of pyridine rings is 4. The highest BCUT2D eigenvalue weighted by Gasteiger charge is 2.33. The van der Waals surface area contributed by atoms with Crippen molar-refractivity contribution >= 4 is 130 Å². The molecular weight excluding hydrogens is 1630 g/mol. The van der Waals surface area contributed by atoms with Gasteiger partial charge in [-0.1, -0.05) is 232 Å². The van der Waals surface area contributed by atoms with Crippen LogP contribution in [0, 0.1) is 74.3 Å². The van der Waals surface area contributed by atoms with Crippen LogP contribution in [0.4, 0.5) is 0 Å². The number of rotatable bonds is 7. The Bertz CT molecular complexity index is 8830. The highest BCUT2D eigenvalue weighted by atomic mass is 15.0. The lowest BCUT2D eigenvalue weighted by Crippen LogP contribution is -2.32. The molecule has 0 radical (unpaired) electrons. The fourth-order valence-corrected chi connectivity index (χ4v) is 22.4. The summed E-state index contributed by atoms with van der Waals surface area (Å²) in [5.41, 5.74) is 26.2. The molecule has 0 amide bonds. The SMILES string of the molecule is C.C.C.C.[2H]C([2H])([2H])c1c[n+](C)c(-c2ccccc2C)c2c1c1cc3cc(C)ccc3cc1n2C.[2H]C([2H])([2H])c1ccc(-c2c3c(c(C([2H])([2H])[2H])c[n+]2C)c2cc4cc(C5([2H])CCC(C)(C)CC5)ccc4cc2n3C)c(C)c1.[2H]C([2H])([2H])c1ccc(-c2c3c(c(C([2H])([2H])[2H])c[n+]2C)c2cc4cc(C5([2H])CCCCC5)ccc4cc2n3C)c(C)c1.[2H]C1(c2ccc3cc4c(cc3c2)c2cc[n+](C)c(-c3ccccc3C)c2n4C)CCCCC1. The minimum atomic E-state index is -2.35. The Labute approximate surface area is 823 Å². The van der Waals surface area contributed by atoms with Gasteiger partial charge in [0.1, 0.15) is 50.3 Å². The topological polar surface area (TPSA) is 35.2 Å². The second kappa shape index (κ2) is 37.4. The van der Waals surface area contributed by atoms with Gasteiger partial charge in [0, 0.05) is 141 Å². The van der Waals surface area contributed by atoms with Crippen molar-refractivity contribution in [1.82, 2.24) is 18.3 Å². The Balaban J connectivity index is 0.000000144. The molecule has 3 aliphatic carbocycles. The smallest absolute Gasteiger partial charge is 0.237 e. The average molecular weight is 1790 g/mol. The molecule has 0 atom stereocenters. The minimum Gasteiger partial charge on any atom is -0.338 e. The van der Waals surface area contributed by atoms with Gasteiger partial charge < -0.3 is 18.3 Å². The summed E-state index contributed by atoms with van der Waals surface area (Å²) >= 11 is 0. The maximum atomic E-state index is 9.33. The van der Waals surface area contributed by atoms with Crippen molar-refractivity contribution < 1.29 is 42.9 Å². The van der Waals surface area contributed by atoms with Crippen molar-refractivity contribution in [1.29, 1.82) is 0 Å². The van der Waals surface area contributed by atoms with Crippen LogP contribution in [0.5, 0.6) is 0 Å². The van der Waals surface area contributed by atoms with E-state index in [1.54, 1.807) is 42.9 Å². The molecule has 686 valence electrons. The van der Waals surface area contributed by atoms with Crippen LogP contribution in [-0.4, -0.2) is 18.3 Å². The molecule has 12 aromatic carbocycles. The first kappa shape index (κ1) is 73.9. The highest BCUT2D eigenvalue weighted by molar-refractivity contribution is 6.20. The van der Waals surface area contributed by atoms with Gasteiger partial charge in [-0.15, -0.1) is 0 Å². The van der Waals surface area contributed by atoms with Crippen LogP contribution in [0.25, 0.3) is 175 Å². The molecule has 8 nitrogen and oxygen atoms in total. The summed E-state index contributed by atoms with van der Waals surface area (Å²) in [5.74, 6) is -1.63. The monoisotopic (exact) mass is 1790 g/mol. The van der Waals surface area contributed by atoms with Crippen LogP contribution >= 0.6 is 0 Å². The first-order chi connectivity index (χ1) is 69.7. The summed E-state index contributed by atoms with van der Waals surface area (Å²) in [4.78, 5) is 0. The summed E-state index contributed by atoms with van der Waals surface area (Å²) in [6.07, 6.45) is 21.7. The van der Waals surface area contributed by atoms with E-state index in [-0.39, 0.29) is 57.4 Å². The highest BCUT2D eigenvalue weighted by Crippen LogP contribution is 2.48. The molecule has 8 heteroatoms. The zero-order valence-electron chi connectivity index (χ0n) is 96.0. The zero-order valence-corrected chi connectivity index (χ0v) is 78.0. The number of hydrogen-bond donors (Lipinski definition) is 0. The van der Waals surface area contributed by atoms with Crippen molar-refractivity contribution in [2.45, 2.75) is 220 Å². The number of benzene rings is 12. The fraction of sp³-hybridized carbons (Fsp3) is 0.333. The maximum Gasteiger partial charge on any atom is 0.237 e. The molecule has 20 aromatic rings. The van der Waals surface area contributed by atoms with E-state index in [0.29, 0.717) is 16.3 Å². The third-order valence-electron chi connectivity index (χ3n) is 29.5. The summed E-state index contributed by atoms with van der Waals surface area (Å²) in [5, 5.41) is 16.3. The predicted octanol–water partition coefficient (Wildman–Crippen LogP) is 32.3. The molecule has 8 aromatic heterocycles. The van der Waals surface area contributed by atoms with Crippen molar-refractivity contribution in [2.24, 2.45) is 61.8 Å². The predicted molar refractivity (Wildman–Crippen MR) is 579 cm³/mol. The molecule has 0 aliphatic heterocycles. The normalized spacial score (nSPS) is 17.5. The van der Waals surface area contributed by atoms with E-state index in [1.165, 1.54) is 86.2 Å². The van der Waals surface area contributed by atoms with Crippen LogP contribution in [0.2, 0.25) is 0 Å². The van der Waals surface area contributed by atoms with Crippen molar-refractivity contribution in [2.75, 3.05) is 0 Å². The number of aryl methyl sites for hydroxylation is 18. The standard InChI is InChI=1S/C34H39N2.C32H35N2.C30H31N2.C26H25N2.4CH4/c1-21-8-11-28(22(2)16-21)32-33-31(23(3)20-35(32)6)29-18-27-17-25(24-12-14-34(4,5)15-13-24)9-10-26(27)19-30(29)36(33)7;1-20-11-14-27(21(2)15-20)31-32-30(22(3)19-33(31)4)28-17-26-16-24(23-9-7-6-8-10-23)12-13-25(26)18-29(28)34(32)5;1-20-9-7-8-12-25(20)29-30-26(15-16-31(29)2)27-18-24-17-22(21-10-5-4-6-11-21)13-14-23(24)19-28(27)32(30)3;1-16-10-11-19-14-23-22(13-20(19)12-16)24-18(3)15-27(4)25(26(24)28(23)5)21-9-7-6-8-17(21)2;;;;/h8-11,16-20,24H,12-15H2,1-7H3;11-19,23H,6-10H2,1-5H3;7-9,12-19,21H,4-6,10-11H2,1-3H3;6-15H,1-5H3;4*1H4/q4*+1;;;;/i1D3,3D3,24D;1D3,3D3,23D;21D;3D3;;;;. The van der Waals surface area contributed by atoms with E-state index in [2.05, 4.69) is 242 Å². The van der Waals surface area contributed by atoms with Gasteiger partial charge in [0.25, 0.3) is 0 Å². The Morgan fingerprint density at radius 2 is 0.619 bits per heavy atom. The van der Waals surface area contributed by atoms with Crippen LogP contribution < -0.4 is 18.3 Å². The molecular formula is C126H146N8+4. The molecule has 0 spiro atoms. The minimum absolute atomic E-state index is 0. The van der Waals surface area contributed by atoms with Crippen LogP contribution in [0.3, 0.4) is 0 Å². The number of hydrogen-bond acceptors (Lipinski definition) is 0. The number of aromatic nitrogens is 8. The molecule has 3 aliphatic rings. The van der Waals surface area contributed by atoms with Crippen molar-refractivity contribution in [3.63, 3.8) is 0 Å². The zero-order chi connectivity index (χ0) is 106. The van der Waals surface area contributed by atoms with Crippen LogP contribution in [0.1, 0.15) is 248 Å². The molecule has 8 heterocycles. The summed E-state index contributed by atoms with van der Waals surface area (Å²) in [7, 11) is 15.9. The lowest BCUT2D eigenvalue weighted by atomic mass is 9.71. The van der Waals surface area contributed by atoms with E-state index in [0.717, 1.165) is 213 Å². The summed E-state index contributed by atoms with van der Waals surface area (Å²) in [6.45, 7) is 3.40. The molecule has 3 saturated carbocycles. The first-order valence-electron chi connectivity index (χ1n) is 55.6. The van der Waals surface area contributed by atoms with E-state index in [4.69, 9.17) is 23.3 Å². The average Bonchev–Trinajstić information content (AvgIpc) is 1.55. The fourth-order valence-electron chi connectivity index (χ4n) is 22.4. The molecule has 0 bridgehead atoms. The van der Waals surface area contributed by atoms with E-state index < -0.39 is 51.9 Å². The Kier molecular flexibility index (Phi) is 20.6. The molecule has 134 heavy (non-hydrogen) atoms. The van der Waals surface area contributed by atoms with Gasteiger partial charge in [0.15, 0.2) is 24.8 Å². The van der Waals surface area contributed by atoms with Gasteiger partial charge in [-0.2, -0.15) is 18.3 Å². The van der Waals surface area contributed by atoms with Crippen LogP contribution in [0.15, 0.2) is 237 Å². The van der Waals surface area contributed by atoms with Gasteiger partial charge in [0.05, 0.1) is 22.3 Å².